The van der Waals surface area contributed by atoms with E-state index < -0.39 is 0 Å². The van der Waals surface area contributed by atoms with E-state index in [0.29, 0.717) is 17.4 Å². The molecule has 4 nitrogen and oxygen atoms in total. The number of hydrogen-bond acceptors (Lipinski definition) is 3. The zero-order valence-corrected chi connectivity index (χ0v) is 14.3. The highest BCUT2D eigenvalue weighted by atomic mass is 15.3. The molecule has 1 fully saturated rings. The van der Waals surface area contributed by atoms with Crippen LogP contribution >= 0.6 is 0 Å². The molecule has 21 heavy (non-hydrogen) atoms. The summed E-state index contributed by atoms with van der Waals surface area (Å²) in [4.78, 5) is 4.40. The van der Waals surface area contributed by atoms with Crippen LogP contribution in [-0.4, -0.2) is 20.8 Å². The average Bonchev–Trinajstić information content (AvgIpc) is 2.86. The van der Waals surface area contributed by atoms with E-state index in [4.69, 9.17) is 5.73 Å². The van der Waals surface area contributed by atoms with Crippen LogP contribution in [0.3, 0.4) is 0 Å². The smallest absolute Gasteiger partial charge is 0.138 e. The van der Waals surface area contributed by atoms with E-state index in [1.165, 1.54) is 25.7 Å². The molecule has 0 saturated heterocycles. The molecule has 1 atom stereocenters. The summed E-state index contributed by atoms with van der Waals surface area (Å²) in [6, 6.07) is 0.568. The quantitative estimate of drug-likeness (QED) is 0.922. The Hall–Kier alpha value is -0.900. The van der Waals surface area contributed by atoms with Crippen LogP contribution in [-0.2, 0) is 6.42 Å². The van der Waals surface area contributed by atoms with Gasteiger partial charge in [-0.15, -0.1) is 0 Å². The second kappa shape index (κ2) is 6.47. The molecule has 1 aliphatic carbocycles. The Bertz CT molecular complexity index is 436. The first kappa shape index (κ1) is 16.5. The highest BCUT2D eigenvalue weighted by molar-refractivity contribution is 4.94. The van der Waals surface area contributed by atoms with E-state index >= 15 is 0 Å². The predicted octanol–water partition coefficient (Wildman–Crippen LogP) is 3.58. The van der Waals surface area contributed by atoms with Gasteiger partial charge >= 0.3 is 0 Å². The third kappa shape index (κ3) is 4.06. The zero-order valence-electron chi connectivity index (χ0n) is 14.3. The molecule has 0 bridgehead atoms. The van der Waals surface area contributed by atoms with Crippen LogP contribution in [0.2, 0.25) is 0 Å². The van der Waals surface area contributed by atoms with Crippen LogP contribution in [0, 0.1) is 17.3 Å². The van der Waals surface area contributed by atoms with E-state index in [9.17, 15) is 0 Å². The van der Waals surface area contributed by atoms with Gasteiger partial charge in [-0.1, -0.05) is 20.8 Å². The van der Waals surface area contributed by atoms with E-state index in [-0.39, 0.29) is 6.04 Å². The predicted molar refractivity (Wildman–Crippen MR) is 87.0 cm³/mol. The molecule has 0 amide bonds. The first-order valence-corrected chi connectivity index (χ1v) is 8.43. The molecular weight excluding hydrogens is 260 g/mol. The molecule has 1 aromatic heterocycles. The van der Waals surface area contributed by atoms with Gasteiger partial charge in [-0.3, -0.25) is 0 Å². The molecule has 1 saturated carbocycles. The minimum atomic E-state index is 0.215. The average molecular weight is 292 g/mol. The fourth-order valence-electron chi connectivity index (χ4n) is 3.64. The summed E-state index contributed by atoms with van der Waals surface area (Å²) >= 11 is 0. The Kier molecular flexibility index (Phi) is 5.07. The fraction of sp³-hybridized carbons (Fsp3) is 0.882. The van der Waals surface area contributed by atoms with Crippen LogP contribution in [0.5, 0.6) is 0 Å². The lowest BCUT2D eigenvalue weighted by molar-refractivity contribution is 0.139. The maximum Gasteiger partial charge on any atom is 0.138 e. The summed E-state index contributed by atoms with van der Waals surface area (Å²) in [6.07, 6.45) is 7.66. The second-order valence-electron chi connectivity index (χ2n) is 8.06. The van der Waals surface area contributed by atoms with Crippen molar-refractivity contribution in [3.63, 3.8) is 0 Å². The van der Waals surface area contributed by atoms with E-state index in [2.05, 4.69) is 44.7 Å². The first-order chi connectivity index (χ1) is 9.79. The standard InChI is InChI=1S/C17H32N4/c1-12(2)21-16(19-11-20-21)10-15(18)13-6-8-14(9-7-13)17(3,4)5/h11-15H,6-10,18H2,1-5H3. The monoisotopic (exact) mass is 292 g/mol. The van der Waals surface area contributed by atoms with Crippen LogP contribution in [0.1, 0.15) is 72.2 Å². The SMILES string of the molecule is CC(C)n1ncnc1CC(N)C1CCC(C(C)(C)C)CC1. The Labute approximate surface area is 129 Å². The fourth-order valence-corrected chi connectivity index (χ4v) is 3.64. The molecule has 1 unspecified atom stereocenters. The first-order valence-electron chi connectivity index (χ1n) is 8.43. The minimum absolute atomic E-state index is 0.215. The number of rotatable bonds is 4. The van der Waals surface area contributed by atoms with Gasteiger partial charge in [0.05, 0.1) is 0 Å². The van der Waals surface area contributed by atoms with Gasteiger partial charge in [-0.05, 0) is 56.8 Å². The van der Waals surface area contributed by atoms with Crippen molar-refractivity contribution in [1.29, 1.82) is 0 Å². The Morgan fingerprint density at radius 1 is 1.24 bits per heavy atom. The highest BCUT2D eigenvalue weighted by Crippen LogP contribution is 2.40. The molecule has 1 heterocycles. The van der Waals surface area contributed by atoms with E-state index in [1.807, 2.05) is 4.68 Å². The Morgan fingerprint density at radius 3 is 2.38 bits per heavy atom. The topological polar surface area (TPSA) is 56.7 Å². The van der Waals surface area contributed by atoms with Gasteiger partial charge < -0.3 is 5.73 Å². The molecule has 0 aliphatic heterocycles. The lowest BCUT2D eigenvalue weighted by atomic mass is 9.68. The van der Waals surface area contributed by atoms with Gasteiger partial charge in [0.1, 0.15) is 12.2 Å². The van der Waals surface area contributed by atoms with Crippen LogP contribution in [0.15, 0.2) is 6.33 Å². The summed E-state index contributed by atoms with van der Waals surface area (Å²) in [7, 11) is 0. The van der Waals surface area contributed by atoms with Gasteiger partial charge in [0.15, 0.2) is 0 Å². The largest absolute Gasteiger partial charge is 0.327 e. The van der Waals surface area contributed by atoms with Crippen molar-refractivity contribution in [3.8, 4) is 0 Å². The second-order valence-corrected chi connectivity index (χ2v) is 8.06. The molecule has 0 spiro atoms. The normalized spacial score (nSPS) is 25.3. The summed E-state index contributed by atoms with van der Waals surface area (Å²) < 4.78 is 2.00. The van der Waals surface area contributed by atoms with Crippen molar-refractivity contribution < 1.29 is 0 Å². The highest BCUT2D eigenvalue weighted by Gasteiger charge is 2.32. The molecule has 1 aromatic rings. The number of nitrogens with zero attached hydrogens (tertiary/aromatic N) is 3. The molecule has 120 valence electrons. The van der Waals surface area contributed by atoms with Crippen molar-refractivity contribution in [3.05, 3.63) is 12.2 Å². The molecule has 0 aromatic carbocycles. The van der Waals surface area contributed by atoms with Crippen LogP contribution < -0.4 is 5.73 Å². The lowest BCUT2D eigenvalue weighted by Gasteiger charge is -2.38. The number of hydrogen-bond donors (Lipinski definition) is 1. The Balaban J connectivity index is 1.90. The molecule has 0 radical (unpaired) electrons. The van der Waals surface area contributed by atoms with E-state index in [0.717, 1.165) is 18.2 Å². The summed E-state index contributed by atoms with van der Waals surface area (Å²) in [5.74, 6) is 2.52. The van der Waals surface area contributed by atoms with Crippen LogP contribution in [0.25, 0.3) is 0 Å². The van der Waals surface area contributed by atoms with Crippen molar-refractivity contribution in [1.82, 2.24) is 14.8 Å². The van der Waals surface area contributed by atoms with Crippen molar-refractivity contribution >= 4 is 0 Å². The van der Waals surface area contributed by atoms with Gasteiger partial charge in [0, 0.05) is 18.5 Å². The molecular formula is C17H32N4. The minimum Gasteiger partial charge on any atom is -0.327 e. The zero-order chi connectivity index (χ0) is 15.6. The number of nitrogens with two attached hydrogens (primary N) is 1. The van der Waals surface area contributed by atoms with Gasteiger partial charge in [-0.25, -0.2) is 9.67 Å². The van der Waals surface area contributed by atoms with Crippen molar-refractivity contribution in [2.24, 2.45) is 23.0 Å². The maximum atomic E-state index is 6.48. The van der Waals surface area contributed by atoms with Crippen LogP contribution in [0.4, 0.5) is 0 Å². The number of aromatic nitrogens is 3. The lowest BCUT2D eigenvalue weighted by Crippen LogP contribution is -2.37. The molecule has 4 heteroatoms. The third-order valence-corrected chi connectivity index (χ3v) is 5.16. The summed E-state index contributed by atoms with van der Waals surface area (Å²) in [5.41, 5.74) is 6.92. The van der Waals surface area contributed by atoms with Gasteiger partial charge in [0.2, 0.25) is 0 Å². The van der Waals surface area contributed by atoms with E-state index in [1.54, 1.807) is 6.33 Å². The molecule has 2 N–H and O–H groups in total. The van der Waals surface area contributed by atoms with Crippen molar-refractivity contribution in [2.75, 3.05) is 0 Å². The third-order valence-electron chi connectivity index (χ3n) is 5.16. The summed E-state index contributed by atoms with van der Waals surface area (Å²) in [6.45, 7) is 11.4. The van der Waals surface area contributed by atoms with Gasteiger partial charge in [0.25, 0.3) is 0 Å². The molecule has 1 aliphatic rings. The van der Waals surface area contributed by atoms with Gasteiger partial charge in [-0.2, -0.15) is 5.10 Å². The summed E-state index contributed by atoms with van der Waals surface area (Å²) in [5, 5.41) is 4.31. The Morgan fingerprint density at radius 2 is 1.86 bits per heavy atom. The maximum absolute atomic E-state index is 6.48. The van der Waals surface area contributed by atoms with Crippen molar-refractivity contribution in [2.45, 2.75) is 78.8 Å². The molecule has 2 rings (SSSR count).